The van der Waals surface area contributed by atoms with Crippen LogP contribution in [-0.4, -0.2) is 48.1 Å². The van der Waals surface area contributed by atoms with Crippen LogP contribution in [0.3, 0.4) is 0 Å². The number of benzene rings is 1. The van der Waals surface area contributed by atoms with Crippen molar-refractivity contribution in [1.29, 1.82) is 0 Å². The number of anilines is 3. The Bertz CT molecular complexity index is 1210. The first kappa shape index (κ1) is 19.5. The Balaban J connectivity index is 1.32. The Morgan fingerprint density at radius 2 is 1.93 bits per heavy atom. The van der Waals surface area contributed by atoms with E-state index in [0.29, 0.717) is 31.5 Å². The fourth-order valence-corrected chi connectivity index (χ4v) is 5.10. The predicted octanol–water partition coefficient (Wildman–Crippen LogP) is 4.06. The van der Waals surface area contributed by atoms with Crippen LogP contribution in [0.1, 0.15) is 24.8 Å². The zero-order chi connectivity index (χ0) is 20.7. The lowest BCUT2D eigenvalue weighted by Crippen LogP contribution is -2.33. The van der Waals surface area contributed by atoms with E-state index >= 15 is 0 Å². The monoisotopic (exact) mass is 441 g/mol. The number of thiophene rings is 1. The number of aromatic nitrogens is 2. The van der Waals surface area contributed by atoms with Gasteiger partial charge < -0.3 is 10.6 Å². The Morgan fingerprint density at radius 3 is 2.60 bits per heavy atom. The minimum absolute atomic E-state index is 0.430. The quantitative estimate of drug-likeness (QED) is 0.600. The maximum absolute atomic E-state index is 11.7. The highest BCUT2D eigenvalue weighted by Gasteiger charge is 2.23. The molecule has 3 heterocycles. The minimum atomic E-state index is -3.13. The fourth-order valence-electron chi connectivity index (χ4n) is 3.55. The van der Waals surface area contributed by atoms with Crippen molar-refractivity contribution in [2.45, 2.75) is 25.3 Å². The third-order valence-electron chi connectivity index (χ3n) is 5.37. The maximum Gasteiger partial charge on any atom is 0.229 e. The van der Waals surface area contributed by atoms with Crippen LogP contribution in [-0.2, 0) is 10.0 Å². The smallest absolute Gasteiger partial charge is 0.229 e. The summed E-state index contributed by atoms with van der Waals surface area (Å²) in [5.74, 6) is 1.48. The number of hydrogen-bond donors (Lipinski definition) is 2. The van der Waals surface area contributed by atoms with Gasteiger partial charge in [0.25, 0.3) is 0 Å². The largest absolute Gasteiger partial charge is 0.366 e. The van der Waals surface area contributed by atoms with E-state index in [-0.39, 0.29) is 0 Å². The zero-order valence-electron chi connectivity index (χ0n) is 16.6. The molecule has 1 aromatic carbocycles. The molecule has 1 aliphatic heterocycles. The molecule has 0 unspecified atom stereocenters. The van der Waals surface area contributed by atoms with Gasteiger partial charge in [0.1, 0.15) is 5.82 Å². The molecule has 0 saturated heterocycles. The molecule has 9 heteroatoms. The van der Waals surface area contributed by atoms with E-state index in [9.17, 15) is 8.42 Å². The molecule has 0 spiro atoms. The Labute approximate surface area is 179 Å². The molecule has 1 fully saturated rings. The average molecular weight is 442 g/mol. The zero-order valence-corrected chi connectivity index (χ0v) is 18.3. The van der Waals surface area contributed by atoms with Gasteiger partial charge in [0, 0.05) is 24.8 Å². The van der Waals surface area contributed by atoms with Crippen LogP contribution < -0.4 is 10.6 Å². The Hall–Kier alpha value is -2.49. The molecule has 30 heavy (non-hydrogen) atoms. The first-order valence-electron chi connectivity index (χ1n) is 9.99. The molecule has 0 amide bonds. The fraction of sp³-hybridized carbons (Fsp3) is 0.333. The minimum Gasteiger partial charge on any atom is -0.366 e. The van der Waals surface area contributed by atoms with E-state index in [1.165, 1.54) is 29.0 Å². The SMILES string of the molecule is CS(=O)(=O)N1CC=C(c2ccc(Nc3nc(NC4CC4)c4sccc4n3)cc2)CC1. The first-order chi connectivity index (χ1) is 14.5. The van der Waals surface area contributed by atoms with Crippen molar-refractivity contribution in [3.05, 3.63) is 47.4 Å². The van der Waals surface area contributed by atoms with Crippen molar-refractivity contribution in [1.82, 2.24) is 14.3 Å². The highest BCUT2D eigenvalue weighted by Crippen LogP contribution is 2.32. The molecule has 0 atom stereocenters. The van der Waals surface area contributed by atoms with Gasteiger partial charge in [-0.1, -0.05) is 18.2 Å². The summed E-state index contributed by atoms with van der Waals surface area (Å²) in [5, 5.41) is 8.86. The molecule has 1 aliphatic carbocycles. The maximum atomic E-state index is 11.7. The van der Waals surface area contributed by atoms with Gasteiger partial charge >= 0.3 is 0 Å². The lowest BCUT2D eigenvalue weighted by molar-refractivity contribution is 0.446. The third kappa shape index (κ3) is 4.19. The highest BCUT2D eigenvalue weighted by atomic mass is 32.2. The Morgan fingerprint density at radius 1 is 1.13 bits per heavy atom. The van der Waals surface area contributed by atoms with Gasteiger partial charge in [-0.25, -0.2) is 13.4 Å². The number of fused-ring (bicyclic) bond motifs is 1. The van der Waals surface area contributed by atoms with E-state index in [2.05, 4.69) is 27.8 Å². The predicted molar refractivity (Wildman–Crippen MR) is 123 cm³/mol. The second-order valence-electron chi connectivity index (χ2n) is 7.75. The van der Waals surface area contributed by atoms with Crippen LogP contribution in [0, 0.1) is 0 Å². The van der Waals surface area contributed by atoms with Crippen molar-refractivity contribution >= 4 is 54.6 Å². The van der Waals surface area contributed by atoms with Crippen LogP contribution >= 0.6 is 11.3 Å². The Kier molecular flexibility index (Phi) is 4.96. The summed E-state index contributed by atoms with van der Waals surface area (Å²) in [6, 6.07) is 10.7. The van der Waals surface area contributed by atoms with Crippen molar-refractivity contribution in [3.63, 3.8) is 0 Å². The van der Waals surface area contributed by atoms with Gasteiger partial charge in [-0.3, -0.25) is 0 Å². The van der Waals surface area contributed by atoms with Gasteiger partial charge in [-0.15, -0.1) is 11.3 Å². The molecule has 2 aliphatic rings. The number of hydrogen-bond acceptors (Lipinski definition) is 7. The molecule has 2 aromatic heterocycles. The average Bonchev–Trinajstić information content (AvgIpc) is 3.41. The van der Waals surface area contributed by atoms with Crippen LogP contribution in [0.4, 0.5) is 17.5 Å². The second kappa shape index (κ2) is 7.64. The van der Waals surface area contributed by atoms with Gasteiger partial charge in [-0.2, -0.15) is 9.29 Å². The molecule has 3 aromatic rings. The molecule has 2 N–H and O–H groups in total. The van der Waals surface area contributed by atoms with Crippen molar-refractivity contribution in [2.75, 3.05) is 30.0 Å². The van der Waals surface area contributed by atoms with Gasteiger partial charge in [0.2, 0.25) is 16.0 Å². The summed E-state index contributed by atoms with van der Waals surface area (Å²) in [6.07, 6.45) is 6.36. The van der Waals surface area contributed by atoms with Crippen molar-refractivity contribution in [3.8, 4) is 0 Å². The topological polar surface area (TPSA) is 87.2 Å². The molecule has 156 valence electrons. The highest BCUT2D eigenvalue weighted by molar-refractivity contribution is 7.88. The molecule has 1 saturated carbocycles. The third-order valence-corrected chi connectivity index (χ3v) is 7.55. The van der Waals surface area contributed by atoms with E-state index < -0.39 is 10.0 Å². The number of sulfonamides is 1. The van der Waals surface area contributed by atoms with E-state index in [0.717, 1.165) is 27.3 Å². The molecule has 0 bridgehead atoms. The van der Waals surface area contributed by atoms with Crippen molar-refractivity contribution in [2.24, 2.45) is 0 Å². The summed E-state index contributed by atoms with van der Waals surface area (Å²) < 4.78 is 25.9. The summed E-state index contributed by atoms with van der Waals surface area (Å²) >= 11 is 1.66. The van der Waals surface area contributed by atoms with Gasteiger partial charge in [0.15, 0.2) is 0 Å². The molecule has 5 rings (SSSR count). The lowest BCUT2D eigenvalue weighted by atomic mass is 10.0. The first-order valence-corrected chi connectivity index (χ1v) is 12.7. The molecule has 7 nitrogen and oxygen atoms in total. The van der Waals surface area contributed by atoms with E-state index in [4.69, 9.17) is 4.98 Å². The van der Waals surface area contributed by atoms with E-state index in [1.54, 1.807) is 11.3 Å². The standard InChI is InChI=1S/C21H23N5O2S2/c1-30(27,28)26-11-8-15(9-12-26)14-2-4-17(5-3-14)23-21-24-18-10-13-29-19(18)20(25-21)22-16-6-7-16/h2-5,8,10,13,16H,6-7,9,11-12H2,1H3,(H2,22,23,24,25). The van der Waals surface area contributed by atoms with Crippen molar-refractivity contribution < 1.29 is 8.42 Å². The molecular formula is C21H23N5O2S2. The second-order valence-corrected chi connectivity index (χ2v) is 10.7. The van der Waals surface area contributed by atoms with Gasteiger partial charge in [-0.05, 0) is 54.0 Å². The summed E-state index contributed by atoms with van der Waals surface area (Å²) in [4.78, 5) is 9.33. The van der Waals surface area contributed by atoms with Crippen LogP contribution in [0.2, 0.25) is 0 Å². The van der Waals surface area contributed by atoms with Crippen LogP contribution in [0.5, 0.6) is 0 Å². The molecular weight excluding hydrogens is 418 g/mol. The lowest BCUT2D eigenvalue weighted by Gasteiger charge is -2.24. The normalized spacial score (nSPS) is 17.7. The summed E-state index contributed by atoms with van der Waals surface area (Å²) in [6.45, 7) is 0.954. The molecule has 0 radical (unpaired) electrons. The number of nitrogens with one attached hydrogen (secondary N) is 2. The van der Waals surface area contributed by atoms with Gasteiger partial charge in [0.05, 0.1) is 16.5 Å². The van der Waals surface area contributed by atoms with Crippen LogP contribution in [0.25, 0.3) is 15.8 Å². The summed E-state index contributed by atoms with van der Waals surface area (Å²) in [5.41, 5.74) is 4.15. The number of rotatable bonds is 6. The summed E-state index contributed by atoms with van der Waals surface area (Å²) in [7, 11) is -3.13. The van der Waals surface area contributed by atoms with Crippen LogP contribution in [0.15, 0.2) is 41.8 Å². The van der Waals surface area contributed by atoms with E-state index in [1.807, 2.05) is 29.7 Å². The number of nitrogens with zero attached hydrogens (tertiary/aromatic N) is 3.